The van der Waals surface area contributed by atoms with E-state index in [1.165, 1.54) is 0 Å². The van der Waals surface area contributed by atoms with E-state index in [1.807, 2.05) is 30.3 Å². The molecule has 1 unspecified atom stereocenters. The van der Waals surface area contributed by atoms with E-state index in [-0.39, 0.29) is 6.61 Å². The maximum atomic E-state index is 11.7. The predicted molar refractivity (Wildman–Crippen MR) is 76.4 cm³/mol. The highest BCUT2D eigenvalue weighted by atomic mass is 16.5. The molecule has 1 aromatic carbocycles. The van der Waals surface area contributed by atoms with Crippen molar-refractivity contribution in [2.24, 2.45) is 5.41 Å². The molecule has 0 aliphatic heterocycles. The molecule has 1 rings (SSSR count). The van der Waals surface area contributed by atoms with Gasteiger partial charge in [-0.15, -0.1) is 0 Å². The van der Waals surface area contributed by atoms with Gasteiger partial charge in [-0.25, -0.2) is 0 Å². The zero-order chi connectivity index (χ0) is 15.0. The van der Waals surface area contributed by atoms with Gasteiger partial charge >= 0.3 is 0 Å². The van der Waals surface area contributed by atoms with E-state index in [2.05, 4.69) is 5.32 Å². The van der Waals surface area contributed by atoms with Gasteiger partial charge in [0.25, 0.3) is 0 Å². The smallest absolute Gasteiger partial charge is 0.249 e. The van der Waals surface area contributed by atoms with Crippen LogP contribution in [0.3, 0.4) is 0 Å². The summed E-state index contributed by atoms with van der Waals surface area (Å²) in [4.78, 5) is 11.7. The van der Waals surface area contributed by atoms with Gasteiger partial charge in [0.05, 0.1) is 13.2 Å². The predicted octanol–water partition coefficient (Wildman–Crippen LogP) is 0.951. The van der Waals surface area contributed by atoms with Gasteiger partial charge in [0.2, 0.25) is 5.91 Å². The highest BCUT2D eigenvalue weighted by molar-refractivity contribution is 5.81. The van der Waals surface area contributed by atoms with Crippen molar-refractivity contribution in [2.45, 2.75) is 26.4 Å². The van der Waals surface area contributed by atoms with Gasteiger partial charge in [0, 0.05) is 12.0 Å². The minimum absolute atomic E-state index is 0.251. The normalized spacial score (nSPS) is 12.8. The maximum Gasteiger partial charge on any atom is 0.249 e. The van der Waals surface area contributed by atoms with Crippen LogP contribution in [0.15, 0.2) is 30.3 Å². The number of hydrogen-bond donors (Lipinski definition) is 3. The van der Waals surface area contributed by atoms with Gasteiger partial charge in [-0.1, -0.05) is 32.0 Å². The molecular weight excluding hydrogens is 258 g/mol. The topological polar surface area (TPSA) is 78.8 Å². The van der Waals surface area contributed by atoms with Crippen LogP contribution in [-0.2, 0) is 4.79 Å². The summed E-state index contributed by atoms with van der Waals surface area (Å²) in [5, 5.41) is 21.5. The third kappa shape index (κ3) is 5.19. The van der Waals surface area contributed by atoms with E-state index in [1.54, 1.807) is 13.8 Å². The van der Waals surface area contributed by atoms with Gasteiger partial charge in [-0.3, -0.25) is 4.79 Å². The van der Waals surface area contributed by atoms with Crippen molar-refractivity contribution in [1.82, 2.24) is 5.32 Å². The van der Waals surface area contributed by atoms with Crippen LogP contribution in [0.1, 0.15) is 20.3 Å². The van der Waals surface area contributed by atoms with Gasteiger partial charge in [0.1, 0.15) is 11.9 Å². The number of benzene rings is 1. The summed E-state index contributed by atoms with van der Waals surface area (Å²) in [7, 11) is 0. The van der Waals surface area contributed by atoms with E-state index in [9.17, 15) is 9.90 Å². The number of rotatable bonds is 8. The van der Waals surface area contributed by atoms with Gasteiger partial charge in [0.15, 0.2) is 0 Å². The van der Waals surface area contributed by atoms with E-state index in [0.29, 0.717) is 19.6 Å². The summed E-state index contributed by atoms with van der Waals surface area (Å²) in [5.74, 6) is 0.323. The average molecular weight is 281 g/mol. The van der Waals surface area contributed by atoms with E-state index in [0.717, 1.165) is 5.75 Å². The van der Waals surface area contributed by atoms with Gasteiger partial charge < -0.3 is 20.3 Å². The quantitative estimate of drug-likeness (QED) is 0.620. The number of aliphatic hydroxyl groups is 2. The standard InChI is InChI=1S/C15H23NO4/c1-15(2,11-17)13(18)14(19)16-9-6-10-20-12-7-4-3-5-8-12/h3-5,7-8,13,17-18H,6,9-11H2,1-2H3,(H,16,19). The van der Waals surface area contributed by atoms with Crippen molar-refractivity contribution in [1.29, 1.82) is 0 Å². The minimum atomic E-state index is -1.22. The molecule has 1 aromatic rings. The fourth-order valence-electron chi connectivity index (χ4n) is 1.53. The molecule has 0 spiro atoms. The Morgan fingerprint density at radius 3 is 2.60 bits per heavy atom. The molecule has 0 aliphatic rings. The van der Waals surface area contributed by atoms with Crippen LogP contribution in [-0.4, -0.2) is 42.0 Å². The van der Waals surface area contributed by atoms with Crippen molar-refractivity contribution in [2.75, 3.05) is 19.8 Å². The average Bonchev–Trinajstić information content (AvgIpc) is 2.47. The summed E-state index contributed by atoms with van der Waals surface area (Å²) in [6, 6.07) is 9.43. The fraction of sp³-hybridized carbons (Fsp3) is 0.533. The van der Waals surface area contributed by atoms with Crippen LogP contribution in [0.2, 0.25) is 0 Å². The number of para-hydroxylation sites is 1. The number of carbonyl (C=O) groups excluding carboxylic acids is 1. The second-order valence-electron chi connectivity index (χ2n) is 5.36. The molecule has 0 aliphatic carbocycles. The lowest BCUT2D eigenvalue weighted by Crippen LogP contribution is -2.45. The molecule has 0 radical (unpaired) electrons. The minimum Gasteiger partial charge on any atom is -0.494 e. The van der Waals surface area contributed by atoms with Crippen LogP contribution in [0.25, 0.3) is 0 Å². The number of carbonyl (C=O) groups is 1. The number of amides is 1. The largest absolute Gasteiger partial charge is 0.494 e. The molecule has 0 heterocycles. The highest BCUT2D eigenvalue weighted by Crippen LogP contribution is 2.19. The first-order chi connectivity index (χ1) is 9.47. The summed E-state index contributed by atoms with van der Waals surface area (Å²) in [6.45, 7) is 3.93. The molecule has 1 amide bonds. The summed E-state index contributed by atoms with van der Waals surface area (Å²) in [5.41, 5.74) is -0.843. The molecule has 0 fully saturated rings. The number of ether oxygens (including phenoxy) is 1. The molecule has 3 N–H and O–H groups in total. The van der Waals surface area contributed by atoms with Crippen molar-refractivity contribution >= 4 is 5.91 Å². The lowest BCUT2D eigenvalue weighted by atomic mass is 9.87. The zero-order valence-corrected chi connectivity index (χ0v) is 12.0. The molecule has 1 atom stereocenters. The van der Waals surface area contributed by atoms with Crippen LogP contribution >= 0.6 is 0 Å². The molecule has 0 bridgehead atoms. The van der Waals surface area contributed by atoms with Crippen molar-refractivity contribution in [3.05, 3.63) is 30.3 Å². The van der Waals surface area contributed by atoms with Crippen LogP contribution < -0.4 is 10.1 Å². The second-order valence-corrected chi connectivity index (χ2v) is 5.36. The Balaban J connectivity index is 2.19. The third-order valence-corrected chi connectivity index (χ3v) is 3.03. The second kappa shape index (κ2) is 7.87. The molecule has 0 saturated heterocycles. The van der Waals surface area contributed by atoms with Crippen molar-refractivity contribution in [3.8, 4) is 5.75 Å². The van der Waals surface area contributed by atoms with Crippen LogP contribution in [0.4, 0.5) is 0 Å². The molecule has 0 aromatic heterocycles. The molecular formula is C15H23NO4. The van der Waals surface area contributed by atoms with Crippen LogP contribution in [0, 0.1) is 5.41 Å². The Morgan fingerprint density at radius 2 is 2.00 bits per heavy atom. The Labute approximate surface area is 119 Å². The fourth-order valence-corrected chi connectivity index (χ4v) is 1.53. The molecule has 112 valence electrons. The van der Waals surface area contributed by atoms with E-state index in [4.69, 9.17) is 9.84 Å². The van der Waals surface area contributed by atoms with Crippen molar-refractivity contribution < 1.29 is 19.7 Å². The Hall–Kier alpha value is -1.59. The lowest BCUT2D eigenvalue weighted by Gasteiger charge is -2.27. The summed E-state index contributed by atoms with van der Waals surface area (Å²) in [6.07, 6.45) is -0.574. The van der Waals surface area contributed by atoms with Gasteiger partial charge in [-0.2, -0.15) is 0 Å². The number of hydrogen-bond acceptors (Lipinski definition) is 4. The molecule has 20 heavy (non-hydrogen) atoms. The Bertz CT molecular complexity index is 406. The third-order valence-electron chi connectivity index (χ3n) is 3.03. The molecule has 5 nitrogen and oxygen atoms in total. The van der Waals surface area contributed by atoms with E-state index >= 15 is 0 Å². The summed E-state index contributed by atoms with van der Waals surface area (Å²) < 4.78 is 5.48. The van der Waals surface area contributed by atoms with Crippen molar-refractivity contribution in [3.63, 3.8) is 0 Å². The first kappa shape index (κ1) is 16.5. The monoisotopic (exact) mass is 281 g/mol. The SMILES string of the molecule is CC(C)(CO)C(O)C(=O)NCCCOc1ccccc1. The highest BCUT2D eigenvalue weighted by Gasteiger charge is 2.32. The summed E-state index contributed by atoms with van der Waals surface area (Å²) >= 11 is 0. The molecule has 5 heteroatoms. The van der Waals surface area contributed by atoms with Crippen LogP contribution in [0.5, 0.6) is 5.75 Å². The number of nitrogens with one attached hydrogen (secondary N) is 1. The lowest BCUT2D eigenvalue weighted by molar-refractivity contribution is -0.137. The first-order valence-corrected chi connectivity index (χ1v) is 6.72. The zero-order valence-electron chi connectivity index (χ0n) is 12.0. The number of aliphatic hydroxyl groups excluding tert-OH is 2. The Morgan fingerprint density at radius 1 is 1.35 bits per heavy atom. The van der Waals surface area contributed by atoms with Gasteiger partial charge in [-0.05, 0) is 18.6 Å². The van der Waals surface area contributed by atoms with E-state index < -0.39 is 17.4 Å². The first-order valence-electron chi connectivity index (χ1n) is 6.72. The Kier molecular flexibility index (Phi) is 6.48. The maximum absolute atomic E-state index is 11.7. The molecule has 0 saturated carbocycles.